The lowest BCUT2D eigenvalue weighted by Gasteiger charge is -2.26. The van der Waals surface area contributed by atoms with Gasteiger partial charge in [0, 0.05) is 53.6 Å². The van der Waals surface area contributed by atoms with Gasteiger partial charge in [0.25, 0.3) is 0 Å². The Hall–Kier alpha value is -3.02. The minimum Gasteiger partial charge on any atom is -0.390 e. The Morgan fingerprint density at radius 2 is 2.03 bits per heavy atom. The predicted molar refractivity (Wildman–Crippen MR) is 146 cm³/mol. The maximum atomic E-state index is 10.6. The van der Waals surface area contributed by atoms with Crippen LogP contribution in [0.25, 0.3) is 42.9 Å². The second-order valence-electron chi connectivity index (χ2n) is 10.3. The Morgan fingerprint density at radius 3 is 2.81 bits per heavy atom. The van der Waals surface area contributed by atoms with Gasteiger partial charge in [-0.05, 0) is 43.2 Å². The summed E-state index contributed by atoms with van der Waals surface area (Å²) < 4.78 is 12.6. The van der Waals surface area contributed by atoms with Crippen LogP contribution in [0.2, 0.25) is 0 Å². The molecular weight excluding hydrogens is 488 g/mol. The largest absolute Gasteiger partial charge is 0.390 e. The molecule has 37 heavy (non-hydrogen) atoms. The zero-order valence-corrected chi connectivity index (χ0v) is 22.0. The highest BCUT2D eigenvalue weighted by Gasteiger charge is 2.20. The van der Waals surface area contributed by atoms with E-state index < -0.39 is 5.60 Å². The SMILES string of the molecule is CC(C)(O)Cc1cc(COCCN2CCOCC2)cc2[nH]c(-c3n[nH]c4cc(-c5cn[nH]c5)sc34)cc12. The summed E-state index contributed by atoms with van der Waals surface area (Å²) in [7, 11) is 0. The van der Waals surface area contributed by atoms with E-state index in [1.54, 1.807) is 11.3 Å². The molecule has 9 nitrogen and oxygen atoms in total. The second kappa shape index (κ2) is 10.0. The third-order valence-corrected chi connectivity index (χ3v) is 7.89. The van der Waals surface area contributed by atoms with E-state index in [1.807, 2.05) is 26.2 Å². The van der Waals surface area contributed by atoms with E-state index in [9.17, 15) is 5.11 Å². The van der Waals surface area contributed by atoms with Gasteiger partial charge in [0.2, 0.25) is 0 Å². The number of hydrogen-bond donors (Lipinski definition) is 4. The summed E-state index contributed by atoms with van der Waals surface area (Å²) in [5.74, 6) is 0. The average Bonchev–Trinajstić information content (AvgIpc) is 3.65. The fourth-order valence-corrected chi connectivity index (χ4v) is 6.03. The van der Waals surface area contributed by atoms with Crippen LogP contribution in [-0.2, 0) is 22.5 Å². The van der Waals surface area contributed by atoms with Gasteiger partial charge in [-0.3, -0.25) is 15.1 Å². The Kier molecular flexibility index (Phi) is 6.60. The van der Waals surface area contributed by atoms with E-state index in [1.165, 1.54) is 0 Å². The number of rotatable bonds is 9. The highest BCUT2D eigenvalue weighted by molar-refractivity contribution is 7.22. The van der Waals surface area contributed by atoms with Gasteiger partial charge in [0.15, 0.2) is 0 Å². The van der Waals surface area contributed by atoms with Gasteiger partial charge in [0.1, 0.15) is 5.69 Å². The number of aliphatic hydroxyl groups is 1. The molecule has 1 aromatic carbocycles. The van der Waals surface area contributed by atoms with Crippen LogP contribution < -0.4 is 0 Å². The van der Waals surface area contributed by atoms with E-state index in [4.69, 9.17) is 9.47 Å². The van der Waals surface area contributed by atoms with Crippen molar-refractivity contribution in [2.75, 3.05) is 39.5 Å². The highest BCUT2D eigenvalue weighted by atomic mass is 32.1. The Morgan fingerprint density at radius 1 is 1.16 bits per heavy atom. The fraction of sp³-hybridized carbons (Fsp3) is 0.407. The van der Waals surface area contributed by atoms with E-state index in [0.29, 0.717) is 19.6 Å². The fourth-order valence-electron chi connectivity index (χ4n) is 4.94. The zero-order valence-electron chi connectivity index (χ0n) is 21.1. The number of aromatic nitrogens is 5. The van der Waals surface area contributed by atoms with Gasteiger partial charge in [0.05, 0.1) is 54.1 Å². The first kappa shape index (κ1) is 24.3. The van der Waals surface area contributed by atoms with Crippen LogP contribution in [0.15, 0.2) is 36.7 Å². The lowest BCUT2D eigenvalue weighted by molar-refractivity contribution is 0.0180. The van der Waals surface area contributed by atoms with Gasteiger partial charge in [-0.1, -0.05) is 6.07 Å². The molecule has 5 heterocycles. The Labute approximate surface area is 218 Å². The van der Waals surface area contributed by atoms with Crippen LogP contribution in [0.4, 0.5) is 0 Å². The van der Waals surface area contributed by atoms with E-state index in [2.05, 4.69) is 54.5 Å². The van der Waals surface area contributed by atoms with E-state index in [-0.39, 0.29) is 0 Å². The molecule has 10 heteroatoms. The number of aromatic amines is 3. The maximum Gasteiger partial charge on any atom is 0.126 e. The molecule has 4 N–H and O–H groups in total. The highest BCUT2D eigenvalue weighted by Crippen LogP contribution is 2.38. The second-order valence-corrected chi connectivity index (χ2v) is 11.4. The monoisotopic (exact) mass is 520 g/mol. The van der Waals surface area contributed by atoms with Gasteiger partial charge < -0.3 is 19.6 Å². The van der Waals surface area contributed by atoms with Crippen molar-refractivity contribution in [1.82, 2.24) is 30.3 Å². The van der Waals surface area contributed by atoms with Crippen molar-refractivity contribution in [2.24, 2.45) is 0 Å². The van der Waals surface area contributed by atoms with Crippen LogP contribution in [0.1, 0.15) is 25.0 Å². The number of nitrogens with zero attached hydrogens (tertiary/aromatic N) is 3. The molecule has 0 aliphatic carbocycles. The minimum atomic E-state index is -0.826. The first-order valence-electron chi connectivity index (χ1n) is 12.7. The van der Waals surface area contributed by atoms with Crippen molar-refractivity contribution in [1.29, 1.82) is 0 Å². The number of morpholine rings is 1. The van der Waals surface area contributed by atoms with Crippen molar-refractivity contribution in [3.8, 4) is 21.8 Å². The molecule has 1 aliphatic rings. The molecule has 0 atom stereocenters. The molecule has 4 aromatic heterocycles. The van der Waals surface area contributed by atoms with Crippen molar-refractivity contribution < 1.29 is 14.6 Å². The normalized spacial score (nSPS) is 15.3. The topological polar surface area (TPSA) is 115 Å². The summed E-state index contributed by atoms with van der Waals surface area (Å²) in [6.45, 7) is 9.32. The molecule has 0 unspecified atom stereocenters. The van der Waals surface area contributed by atoms with Crippen LogP contribution in [-0.4, -0.2) is 80.4 Å². The van der Waals surface area contributed by atoms with E-state index in [0.717, 1.165) is 86.9 Å². The van der Waals surface area contributed by atoms with E-state index >= 15 is 0 Å². The minimum absolute atomic E-state index is 0.527. The Bertz CT molecular complexity index is 1490. The number of ether oxygens (including phenoxy) is 2. The Balaban J connectivity index is 1.28. The number of nitrogens with one attached hydrogen (secondary N) is 3. The first-order valence-corrected chi connectivity index (χ1v) is 13.5. The predicted octanol–water partition coefficient (Wildman–Crippen LogP) is 4.33. The average molecular weight is 521 g/mol. The van der Waals surface area contributed by atoms with Gasteiger partial charge in [-0.25, -0.2) is 0 Å². The van der Waals surface area contributed by atoms with Gasteiger partial charge >= 0.3 is 0 Å². The molecule has 5 aromatic rings. The molecule has 0 radical (unpaired) electrons. The van der Waals surface area contributed by atoms with Crippen LogP contribution >= 0.6 is 11.3 Å². The lowest BCUT2D eigenvalue weighted by atomic mass is 9.94. The molecule has 0 spiro atoms. The van der Waals surface area contributed by atoms with Crippen LogP contribution in [0.5, 0.6) is 0 Å². The number of hydrogen-bond acceptors (Lipinski definition) is 7. The standard InChI is InChI=1S/C27H32N6O3S/c1-27(2,34)13-18-9-17(16-36-8-5-33-3-6-35-7-4-33)10-21-20(18)11-22(30-21)25-26-23(31-32-25)12-24(37-26)19-14-28-29-15-19/h9-12,14-15,30,34H,3-8,13,16H2,1-2H3,(H,28,29)(H,31,32). The molecule has 194 valence electrons. The molecule has 0 bridgehead atoms. The van der Waals surface area contributed by atoms with Gasteiger partial charge in [-0.15, -0.1) is 11.3 Å². The number of benzene rings is 1. The van der Waals surface area contributed by atoms with Crippen molar-refractivity contribution in [3.63, 3.8) is 0 Å². The third kappa shape index (κ3) is 5.34. The summed E-state index contributed by atoms with van der Waals surface area (Å²) in [5.41, 5.74) is 6.28. The summed E-state index contributed by atoms with van der Waals surface area (Å²) in [6, 6.07) is 8.56. The smallest absolute Gasteiger partial charge is 0.126 e. The van der Waals surface area contributed by atoms with Crippen molar-refractivity contribution >= 4 is 32.5 Å². The maximum absolute atomic E-state index is 10.6. The molecule has 0 saturated carbocycles. The van der Waals surface area contributed by atoms with Crippen LogP contribution in [0.3, 0.4) is 0 Å². The van der Waals surface area contributed by atoms with Crippen molar-refractivity contribution in [3.05, 3.63) is 47.8 Å². The van der Waals surface area contributed by atoms with Crippen molar-refractivity contribution in [2.45, 2.75) is 32.5 Å². The zero-order chi connectivity index (χ0) is 25.4. The summed E-state index contributed by atoms with van der Waals surface area (Å²) in [5, 5.41) is 26.5. The first-order chi connectivity index (χ1) is 17.9. The molecular formula is C27H32N6O3S. The third-order valence-electron chi connectivity index (χ3n) is 6.70. The lowest BCUT2D eigenvalue weighted by Crippen LogP contribution is -2.38. The molecule has 0 amide bonds. The number of fused-ring (bicyclic) bond motifs is 2. The number of thiophene rings is 1. The van der Waals surface area contributed by atoms with Crippen LogP contribution in [0, 0.1) is 0 Å². The summed E-state index contributed by atoms with van der Waals surface area (Å²) in [6.07, 6.45) is 4.27. The number of H-pyrrole nitrogens is 3. The summed E-state index contributed by atoms with van der Waals surface area (Å²) >= 11 is 1.69. The van der Waals surface area contributed by atoms with Gasteiger partial charge in [-0.2, -0.15) is 10.2 Å². The molecule has 1 fully saturated rings. The summed E-state index contributed by atoms with van der Waals surface area (Å²) in [4.78, 5) is 7.09. The molecule has 1 aliphatic heterocycles. The molecule has 1 saturated heterocycles. The quantitative estimate of drug-likeness (QED) is 0.215. The molecule has 6 rings (SSSR count).